The summed E-state index contributed by atoms with van der Waals surface area (Å²) in [7, 11) is 0. The molecule has 1 aromatic carbocycles. The third-order valence-electron chi connectivity index (χ3n) is 5.24. The summed E-state index contributed by atoms with van der Waals surface area (Å²) in [6, 6.07) is 12.2. The molecule has 3 aromatic rings. The first kappa shape index (κ1) is 20.8. The van der Waals surface area contributed by atoms with Gasteiger partial charge in [0.25, 0.3) is 11.5 Å². The lowest BCUT2D eigenvalue weighted by molar-refractivity contribution is 0.0910. The van der Waals surface area contributed by atoms with Gasteiger partial charge in [0.1, 0.15) is 17.9 Å². The minimum atomic E-state index is -0.560. The highest BCUT2D eigenvalue weighted by Gasteiger charge is 2.32. The maximum Gasteiger partial charge on any atom is 0.261 e. The third kappa shape index (κ3) is 4.83. The lowest BCUT2D eigenvalue weighted by Gasteiger charge is -2.29. The number of hydrogen-bond acceptors (Lipinski definition) is 5. The van der Waals surface area contributed by atoms with Crippen molar-refractivity contribution in [2.45, 2.75) is 39.9 Å². The topological polar surface area (TPSA) is 101 Å². The number of H-pyrrole nitrogens is 1. The van der Waals surface area contributed by atoms with Crippen LogP contribution >= 0.6 is 0 Å². The quantitative estimate of drug-likeness (QED) is 0.625. The zero-order valence-corrected chi connectivity index (χ0v) is 17.5. The van der Waals surface area contributed by atoms with Crippen LogP contribution in [0, 0.1) is 5.41 Å². The standard InChI is InChI=1S/C24H24N2O5/c1-24(2)11-20-18(21(27)12-24)10-19(23(29)26-20)22(28)25-16-6-3-5-15(9-16)13-30-14-17-7-4-8-31-17/h3-10H,11-14H2,1-2H3,(H,25,28)(H,26,29). The fourth-order valence-electron chi connectivity index (χ4n) is 3.80. The molecule has 1 amide bonds. The maximum absolute atomic E-state index is 12.7. The summed E-state index contributed by atoms with van der Waals surface area (Å²) < 4.78 is 10.8. The second-order valence-corrected chi connectivity index (χ2v) is 8.57. The minimum Gasteiger partial charge on any atom is -0.467 e. The molecule has 160 valence electrons. The predicted molar refractivity (Wildman–Crippen MR) is 115 cm³/mol. The number of pyridine rings is 1. The van der Waals surface area contributed by atoms with Crippen molar-refractivity contribution in [3.8, 4) is 0 Å². The lowest BCUT2D eigenvalue weighted by atomic mass is 9.75. The molecule has 1 aliphatic rings. The molecule has 7 nitrogen and oxygen atoms in total. The van der Waals surface area contributed by atoms with Crippen molar-refractivity contribution in [3.05, 3.63) is 87.2 Å². The van der Waals surface area contributed by atoms with Crippen molar-refractivity contribution in [2.75, 3.05) is 5.32 Å². The van der Waals surface area contributed by atoms with Crippen LogP contribution in [0.25, 0.3) is 0 Å². The molecule has 0 bridgehead atoms. The molecule has 0 fully saturated rings. The SMILES string of the molecule is CC1(C)CC(=O)c2cc(C(=O)Nc3cccc(COCc4ccco4)c3)c(=O)[nH]c2C1. The number of hydrogen-bond donors (Lipinski definition) is 2. The molecule has 4 rings (SSSR count). The molecule has 2 N–H and O–H groups in total. The summed E-state index contributed by atoms with van der Waals surface area (Å²) in [6.45, 7) is 4.66. The summed E-state index contributed by atoms with van der Waals surface area (Å²) in [5, 5.41) is 2.74. The van der Waals surface area contributed by atoms with Gasteiger partial charge in [-0.25, -0.2) is 0 Å². The zero-order valence-electron chi connectivity index (χ0n) is 17.5. The summed E-state index contributed by atoms with van der Waals surface area (Å²) in [5.41, 5.74) is 1.62. The summed E-state index contributed by atoms with van der Waals surface area (Å²) in [6.07, 6.45) is 2.56. The first-order valence-electron chi connectivity index (χ1n) is 10.1. The van der Waals surface area contributed by atoms with Gasteiger partial charge in [-0.15, -0.1) is 0 Å². The Balaban J connectivity index is 1.47. The molecule has 0 spiro atoms. The second-order valence-electron chi connectivity index (χ2n) is 8.57. The Morgan fingerprint density at radius 2 is 1.97 bits per heavy atom. The van der Waals surface area contributed by atoms with Gasteiger partial charge in [-0.1, -0.05) is 26.0 Å². The van der Waals surface area contributed by atoms with Crippen LogP contribution in [0.4, 0.5) is 5.69 Å². The molecule has 2 aromatic heterocycles. The number of ether oxygens (including phenoxy) is 1. The van der Waals surface area contributed by atoms with Gasteiger partial charge in [0.15, 0.2) is 5.78 Å². The Bertz CT molecular complexity index is 1170. The van der Waals surface area contributed by atoms with Gasteiger partial charge in [0.2, 0.25) is 0 Å². The van der Waals surface area contributed by atoms with E-state index in [9.17, 15) is 14.4 Å². The van der Waals surface area contributed by atoms with Gasteiger partial charge >= 0.3 is 0 Å². The number of carbonyl (C=O) groups is 2. The third-order valence-corrected chi connectivity index (χ3v) is 5.24. The smallest absolute Gasteiger partial charge is 0.261 e. The summed E-state index contributed by atoms with van der Waals surface area (Å²) >= 11 is 0. The maximum atomic E-state index is 12.7. The van der Waals surface area contributed by atoms with Crippen LogP contribution < -0.4 is 10.9 Å². The van der Waals surface area contributed by atoms with Crippen LogP contribution in [0.1, 0.15) is 58.0 Å². The van der Waals surface area contributed by atoms with Gasteiger partial charge < -0.3 is 19.5 Å². The first-order chi connectivity index (χ1) is 14.8. The number of ketones is 1. The number of carbonyl (C=O) groups excluding carboxylic acids is 2. The predicted octanol–water partition coefficient (Wildman–Crippen LogP) is 4.09. The van der Waals surface area contributed by atoms with E-state index in [1.807, 2.05) is 26.0 Å². The van der Waals surface area contributed by atoms with Crippen LogP contribution in [0.3, 0.4) is 0 Å². The first-order valence-corrected chi connectivity index (χ1v) is 10.1. The molecule has 0 atom stereocenters. The molecule has 0 unspecified atom stereocenters. The molecule has 0 aliphatic heterocycles. The summed E-state index contributed by atoms with van der Waals surface area (Å²) in [4.78, 5) is 40.5. The fraction of sp³-hybridized carbons (Fsp3) is 0.292. The number of aromatic amines is 1. The van der Waals surface area contributed by atoms with E-state index in [0.29, 0.717) is 43.0 Å². The number of fused-ring (bicyclic) bond motifs is 1. The zero-order chi connectivity index (χ0) is 22.0. The minimum absolute atomic E-state index is 0.0627. The van der Waals surface area contributed by atoms with Crippen LogP contribution in [0.15, 0.2) is 57.9 Å². The van der Waals surface area contributed by atoms with Crippen molar-refractivity contribution in [2.24, 2.45) is 5.41 Å². The van der Waals surface area contributed by atoms with Gasteiger partial charge in [-0.3, -0.25) is 14.4 Å². The van der Waals surface area contributed by atoms with Crippen molar-refractivity contribution in [3.63, 3.8) is 0 Å². The van der Waals surface area contributed by atoms with Crippen LogP contribution in [-0.4, -0.2) is 16.7 Å². The highest BCUT2D eigenvalue weighted by molar-refractivity contribution is 6.06. The van der Waals surface area contributed by atoms with Crippen LogP contribution in [0.2, 0.25) is 0 Å². The van der Waals surface area contributed by atoms with E-state index in [1.165, 1.54) is 6.07 Å². The number of benzene rings is 1. The van der Waals surface area contributed by atoms with E-state index in [0.717, 1.165) is 11.3 Å². The molecule has 0 saturated heterocycles. The van der Waals surface area contributed by atoms with Crippen LogP contribution in [-0.2, 0) is 24.4 Å². The summed E-state index contributed by atoms with van der Waals surface area (Å²) in [5.74, 6) is 0.108. The van der Waals surface area contributed by atoms with Gasteiger partial charge in [-0.2, -0.15) is 0 Å². The Morgan fingerprint density at radius 3 is 2.74 bits per heavy atom. The van der Waals surface area contributed by atoms with Gasteiger partial charge in [0.05, 0.1) is 12.9 Å². The molecule has 7 heteroatoms. The highest BCUT2D eigenvalue weighted by Crippen LogP contribution is 2.33. The van der Waals surface area contributed by atoms with Gasteiger partial charge in [-0.05, 0) is 47.7 Å². The molecule has 0 saturated carbocycles. The van der Waals surface area contributed by atoms with E-state index >= 15 is 0 Å². The monoisotopic (exact) mass is 420 g/mol. The number of rotatable bonds is 6. The average Bonchev–Trinajstić information content (AvgIpc) is 3.20. The van der Waals surface area contributed by atoms with E-state index in [-0.39, 0.29) is 16.8 Å². The number of furan rings is 1. The number of nitrogens with one attached hydrogen (secondary N) is 2. The number of Topliss-reactive ketones (excluding diaryl/α,β-unsaturated/α-hetero) is 1. The Hall–Kier alpha value is -3.45. The van der Waals surface area contributed by atoms with E-state index in [1.54, 1.807) is 30.5 Å². The molecule has 2 heterocycles. The number of amides is 1. The van der Waals surface area contributed by atoms with Crippen molar-refractivity contribution < 1.29 is 18.7 Å². The van der Waals surface area contributed by atoms with Crippen molar-refractivity contribution in [1.82, 2.24) is 4.98 Å². The van der Waals surface area contributed by atoms with E-state index in [2.05, 4.69) is 10.3 Å². The molecular weight excluding hydrogens is 396 g/mol. The highest BCUT2D eigenvalue weighted by atomic mass is 16.5. The molecule has 1 aliphatic carbocycles. The second kappa shape index (κ2) is 8.35. The number of anilines is 1. The van der Waals surface area contributed by atoms with Crippen molar-refractivity contribution in [1.29, 1.82) is 0 Å². The number of aromatic nitrogens is 1. The Kier molecular flexibility index (Phi) is 5.61. The van der Waals surface area contributed by atoms with Crippen molar-refractivity contribution >= 4 is 17.4 Å². The molecular formula is C24H24N2O5. The fourth-order valence-corrected chi connectivity index (χ4v) is 3.80. The van der Waals surface area contributed by atoms with E-state index < -0.39 is 11.5 Å². The van der Waals surface area contributed by atoms with Crippen LogP contribution in [0.5, 0.6) is 0 Å². The molecule has 0 radical (unpaired) electrons. The lowest BCUT2D eigenvalue weighted by Crippen LogP contribution is -2.32. The normalized spacial score (nSPS) is 14.8. The average molecular weight is 420 g/mol. The van der Waals surface area contributed by atoms with Gasteiger partial charge in [0, 0.05) is 23.4 Å². The molecule has 31 heavy (non-hydrogen) atoms. The largest absolute Gasteiger partial charge is 0.467 e. The van der Waals surface area contributed by atoms with E-state index in [4.69, 9.17) is 9.15 Å². The Morgan fingerprint density at radius 1 is 1.13 bits per heavy atom. The Labute approximate surface area is 179 Å².